The molecule has 28 heavy (non-hydrogen) atoms. The van der Waals surface area contributed by atoms with Crippen LogP contribution in [0.5, 0.6) is 0 Å². The molecule has 0 radical (unpaired) electrons. The maximum Gasteiger partial charge on any atom is 0.417 e. The summed E-state index contributed by atoms with van der Waals surface area (Å²) in [5, 5.41) is 8.95. The first-order chi connectivity index (χ1) is 13.0. The molecule has 1 aromatic rings. The van der Waals surface area contributed by atoms with Gasteiger partial charge in [-0.1, -0.05) is 0 Å². The number of benzene rings is 1. The molecule has 0 saturated carbocycles. The van der Waals surface area contributed by atoms with E-state index in [1.165, 1.54) is 19.2 Å². The number of amides is 2. The van der Waals surface area contributed by atoms with Crippen LogP contribution in [0.3, 0.4) is 0 Å². The second-order valence-corrected chi connectivity index (χ2v) is 7.83. The lowest BCUT2D eigenvalue weighted by atomic mass is 9.67. The van der Waals surface area contributed by atoms with Gasteiger partial charge in [0.2, 0.25) is 11.8 Å². The Morgan fingerprint density at radius 1 is 1.25 bits per heavy atom. The van der Waals surface area contributed by atoms with Crippen LogP contribution in [0.1, 0.15) is 31.4 Å². The van der Waals surface area contributed by atoms with Gasteiger partial charge < -0.3 is 9.47 Å². The minimum absolute atomic E-state index is 0.198. The number of carbonyl (C=O) groups is 2. The number of alkyl halides is 3. The lowest BCUT2D eigenvalue weighted by Crippen LogP contribution is -2.49. The summed E-state index contributed by atoms with van der Waals surface area (Å²) in [4.78, 5) is 27.0. The first-order valence-corrected chi connectivity index (χ1v) is 8.70. The van der Waals surface area contributed by atoms with Gasteiger partial charge in [0.05, 0.1) is 46.4 Å². The average Bonchev–Trinajstić information content (AvgIpc) is 3.14. The minimum Gasteiger partial charge on any atom is -0.378 e. The molecule has 3 heterocycles. The number of imide groups is 1. The Morgan fingerprint density at radius 3 is 2.46 bits per heavy atom. The molecule has 2 bridgehead atoms. The van der Waals surface area contributed by atoms with Crippen molar-refractivity contribution in [3.8, 4) is 6.07 Å². The van der Waals surface area contributed by atoms with E-state index in [2.05, 4.69) is 0 Å². The topological polar surface area (TPSA) is 79.6 Å². The monoisotopic (exact) mass is 394 g/mol. The number of methoxy groups -OCH3 is 1. The highest BCUT2D eigenvalue weighted by Gasteiger charge is 2.76. The summed E-state index contributed by atoms with van der Waals surface area (Å²) < 4.78 is 51.4. The number of anilines is 1. The number of fused-ring (bicyclic) bond motifs is 5. The van der Waals surface area contributed by atoms with Gasteiger partial charge in [-0.25, -0.2) is 4.90 Å². The average molecular weight is 394 g/mol. The number of ether oxygens (including phenoxy) is 2. The maximum absolute atomic E-state index is 13.3. The lowest BCUT2D eigenvalue weighted by Gasteiger charge is -2.34. The number of halogens is 3. The third-order valence-corrected chi connectivity index (χ3v) is 6.24. The Hall–Kier alpha value is -2.44. The quantitative estimate of drug-likeness (QED) is 0.721. The van der Waals surface area contributed by atoms with Crippen molar-refractivity contribution in [2.45, 2.75) is 43.8 Å². The highest BCUT2D eigenvalue weighted by Crippen LogP contribution is 2.61. The number of hydrogen-bond acceptors (Lipinski definition) is 5. The summed E-state index contributed by atoms with van der Waals surface area (Å²) in [5.41, 5.74) is -3.92. The van der Waals surface area contributed by atoms with E-state index in [-0.39, 0.29) is 5.69 Å². The smallest absolute Gasteiger partial charge is 0.378 e. The number of nitriles is 1. The molecule has 2 amide bonds. The van der Waals surface area contributed by atoms with Crippen LogP contribution < -0.4 is 4.90 Å². The first kappa shape index (κ1) is 18.9. The van der Waals surface area contributed by atoms with Crippen molar-refractivity contribution in [1.82, 2.24) is 0 Å². The van der Waals surface area contributed by atoms with Crippen LogP contribution in [-0.4, -0.2) is 36.2 Å². The van der Waals surface area contributed by atoms with Crippen molar-refractivity contribution in [2.24, 2.45) is 11.8 Å². The normalized spacial score (nSPS) is 36.8. The van der Waals surface area contributed by atoms with Gasteiger partial charge in [-0.3, -0.25) is 9.59 Å². The summed E-state index contributed by atoms with van der Waals surface area (Å²) in [6, 6.07) is 4.32. The summed E-state index contributed by atoms with van der Waals surface area (Å²) >= 11 is 0. The molecular weight excluding hydrogens is 377 g/mol. The van der Waals surface area contributed by atoms with Crippen molar-refractivity contribution in [3.63, 3.8) is 0 Å². The number of hydrogen-bond donors (Lipinski definition) is 0. The SMILES string of the molecule is CO[C@@H]1C[C@@]2(C)O[C@]1(C)[C@@H]1C(=O)N(c3ccc(C#N)c(C(F)(F)F)c3)C(=O)[C@@H]12. The Balaban J connectivity index is 1.80. The third-order valence-electron chi connectivity index (χ3n) is 6.24. The number of carbonyl (C=O) groups excluding carboxylic acids is 2. The molecule has 0 spiro atoms. The zero-order valence-electron chi connectivity index (χ0n) is 15.3. The molecule has 0 unspecified atom stereocenters. The fraction of sp³-hybridized carbons (Fsp3) is 0.526. The Kier molecular flexibility index (Phi) is 3.75. The molecule has 1 aromatic carbocycles. The van der Waals surface area contributed by atoms with Crippen molar-refractivity contribution in [1.29, 1.82) is 5.26 Å². The van der Waals surface area contributed by atoms with Crippen molar-refractivity contribution < 1.29 is 32.2 Å². The standard InChI is InChI=1S/C19H17F3N2O4/c1-17-7-12(27-3)18(2,28-17)14-13(17)15(25)24(16(14)26)10-5-4-9(8-23)11(6-10)19(20,21)22/h4-6,12-14H,7H2,1-3H3/t12-,13-,14+,17-,18+/m1/s1. The van der Waals surface area contributed by atoms with Crippen LogP contribution in [0, 0.1) is 23.2 Å². The fourth-order valence-electron chi connectivity index (χ4n) is 5.07. The summed E-state index contributed by atoms with van der Waals surface area (Å²) in [6.07, 6.45) is -4.78. The van der Waals surface area contributed by atoms with Crippen molar-refractivity contribution in [3.05, 3.63) is 29.3 Å². The molecule has 0 aromatic heterocycles. The second kappa shape index (κ2) is 5.55. The largest absolute Gasteiger partial charge is 0.417 e. The van der Waals surface area contributed by atoms with Crippen LogP contribution in [-0.2, 0) is 25.2 Å². The van der Waals surface area contributed by atoms with Crippen molar-refractivity contribution in [2.75, 3.05) is 12.0 Å². The zero-order chi connectivity index (χ0) is 20.6. The van der Waals surface area contributed by atoms with Gasteiger partial charge in [0.1, 0.15) is 5.60 Å². The van der Waals surface area contributed by atoms with E-state index >= 15 is 0 Å². The molecule has 3 aliphatic heterocycles. The molecule has 0 N–H and O–H groups in total. The van der Waals surface area contributed by atoms with E-state index < -0.39 is 58.3 Å². The summed E-state index contributed by atoms with van der Waals surface area (Å²) in [7, 11) is 1.49. The Bertz CT molecular complexity index is 940. The van der Waals surface area contributed by atoms with E-state index in [4.69, 9.17) is 14.7 Å². The van der Waals surface area contributed by atoms with Gasteiger partial charge in [-0.2, -0.15) is 18.4 Å². The predicted octanol–water partition coefficient (Wildman–Crippen LogP) is 2.65. The van der Waals surface area contributed by atoms with Crippen LogP contribution >= 0.6 is 0 Å². The number of rotatable bonds is 2. The molecule has 3 aliphatic rings. The second-order valence-electron chi connectivity index (χ2n) is 7.83. The molecule has 3 fully saturated rings. The van der Waals surface area contributed by atoms with E-state index in [0.717, 1.165) is 11.0 Å². The van der Waals surface area contributed by atoms with Crippen molar-refractivity contribution >= 4 is 17.5 Å². The highest BCUT2D eigenvalue weighted by atomic mass is 19.4. The van der Waals surface area contributed by atoms with Gasteiger partial charge in [-0.15, -0.1) is 0 Å². The van der Waals surface area contributed by atoms with Crippen LogP contribution in [0.25, 0.3) is 0 Å². The molecule has 5 atom stereocenters. The van der Waals surface area contributed by atoms with Gasteiger partial charge >= 0.3 is 6.18 Å². The molecule has 9 heteroatoms. The van der Waals surface area contributed by atoms with Gasteiger partial charge in [-0.05, 0) is 32.0 Å². The Labute approximate surface area is 158 Å². The minimum atomic E-state index is -4.79. The first-order valence-electron chi connectivity index (χ1n) is 8.70. The lowest BCUT2D eigenvalue weighted by molar-refractivity contribution is -0.138. The maximum atomic E-state index is 13.3. The molecular formula is C19H17F3N2O4. The zero-order valence-corrected chi connectivity index (χ0v) is 15.3. The highest BCUT2D eigenvalue weighted by molar-refractivity contribution is 6.23. The summed E-state index contributed by atoms with van der Waals surface area (Å²) in [6.45, 7) is 3.43. The van der Waals surface area contributed by atoms with E-state index in [1.807, 2.05) is 0 Å². The van der Waals surface area contributed by atoms with Crippen LogP contribution in [0.2, 0.25) is 0 Å². The summed E-state index contributed by atoms with van der Waals surface area (Å²) in [5.74, 6) is -2.83. The predicted molar refractivity (Wildman–Crippen MR) is 88.9 cm³/mol. The molecule has 0 aliphatic carbocycles. The number of nitrogens with zero attached hydrogens (tertiary/aromatic N) is 2. The van der Waals surface area contributed by atoms with Crippen LogP contribution in [0.15, 0.2) is 18.2 Å². The Morgan fingerprint density at radius 2 is 1.89 bits per heavy atom. The molecule has 3 saturated heterocycles. The third kappa shape index (κ3) is 2.22. The van der Waals surface area contributed by atoms with Gasteiger partial charge in [0.25, 0.3) is 0 Å². The van der Waals surface area contributed by atoms with E-state index in [9.17, 15) is 22.8 Å². The molecule has 4 rings (SSSR count). The van der Waals surface area contributed by atoms with Gasteiger partial charge in [0.15, 0.2) is 0 Å². The molecule has 148 valence electrons. The van der Waals surface area contributed by atoms with Crippen LogP contribution in [0.4, 0.5) is 18.9 Å². The van der Waals surface area contributed by atoms with E-state index in [1.54, 1.807) is 13.8 Å². The molecule has 6 nitrogen and oxygen atoms in total. The van der Waals surface area contributed by atoms with E-state index in [0.29, 0.717) is 12.5 Å². The van der Waals surface area contributed by atoms with Gasteiger partial charge in [0, 0.05) is 13.5 Å². The fourth-order valence-corrected chi connectivity index (χ4v) is 5.07.